The molecule has 0 unspecified atom stereocenters. The second-order valence-electron chi connectivity index (χ2n) is 8.96. The molecule has 4 heteroatoms. The van der Waals surface area contributed by atoms with Crippen LogP contribution in [0.4, 0.5) is 0 Å². The zero-order chi connectivity index (χ0) is 22.4. The standard InChI is InChI=1S/C29H25NO3/c1-20-24-9-5-6-10-26(24)32-27(20)28(31)30-17-15-29(16-18-30)14-13-23-19-22(11-12-25(23)33-29)21-7-3-2-4-8-21/h2-14,19H,15-18H2,1H3. The lowest BCUT2D eigenvalue weighted by molar-refractivity contribution is 0.0313. The van der Waals surface area contributed by atoms with E-state index >= 15 is 0 Å². The number of nitrogens with zero attached hydrogens (tertiary/aromatic N) is 1. The lowest BCUT2D eigenvalue weighted by atomic mass is 9.87. The zero-order valence-electron chi connectivity index (χ0n) is 18.6. The SMILES string of the molecule is Cc1c(C(=O)N2CCC3(C=Cc4cc(-c5ccccc5)ccc4O3)CC2)oc2ccccc12. The molecule has 0 bridgehead atoms. The molecular formula is C29H25NO3. The summed E-state index contributed by atoms with van der Waals surface area (Å²) < 4.78 is 12.4. The number of fused-ring (bicyclic) bond motifs is 2. The number of benzene rings is 3. The Labute approximate surface area is 193 Å². The Morgan fingerprint density at radius 1 is 0.909 bits per heavy atom. The van der Waals surface area contributed by atoms with Crippen LogP contribution >= 0.6 is 0 Å². The Kier molecular flexibility index (Phi) is 4.61. The monoisotopic (exact) mass is 435 g/mol. The molecule has 4 aromatic rings. The molecule has 2 aliphatic rings. The summed E-state index contributed by atoms with van der Waals surface area (Å²) in [7, 11) is 0. The maximum absolute atomic E-state index is 13.2. The summed E-state index contributed by atoms with van der Waals surface area (Å²) in [5, 5.41) is 0.999. The van der Waals surface area contributed by atoms with E-state index in [0.717, 1.165) is 40.7 Å². The van der Waals surface area contributed by atoms with Gasteiger partial charge >= 0.3 is 0 Å². The van der Waals surface area contributed by atoms with E-state index in [1.165, 1.54) is 11.1 Å². The van der Waals surface area contributed by atoms with Gasteiger partial charge in [0.15, 0.2) is 5.76 Å². The summed E-state index contributed by atoms with van der Waals surface area (Å²) >= 11 is 0. The number of rotatable bonds is 2. The van der Waals surface area contributed by atoms with Crippen molar-refractivity contribution < 1.29 is 13.9 Å². The highest BCUT2D eigenvalue weighted by molar-refractivity contribution is 5.99. The summed E-state index contributed by atoms with van der Waals surface area (Å²) in [4.78, 5) is 15.1. The number of likely N-dealkylation sites (tertiary alicyclic amines) is 1. The third-order valence-electron chi connectivity index (χ3n) is 6.93. The molecule has 0 radical (unpaired) electrons. The van der Waals surface area contributed by atoms with E-state index in [-0.39, 0.29) is 11.5 Å². The van der Waals surface area contributed by atoms with Gasteiger partial charge in [0.2, 0.25) is 0 Å². The molecule has 1 fully saturated rings. The summed E-state index contributed by atoms with van der Waals surface area (Å²) in [5.41, 5.74) is 4.78. The number of piperidine rings is 1. The summed E-state index contributed by atoms with van der Waals surface area (Å²) in [6.45, 7) is 3.23. The highest BCUT2D eigenvalue weighted by atomic mass is 16.5. The van der Waals surface area contributed by atoms with Crippen molar-refractivity contribution in [1.82, 2.24) is 4.90 Å². The third kappa shape index (κ3) is 3.43. The minimum Gasteiger partial charge on any atom is -0.482 e. The predicted octanol–water partition coefficient (Wildman–Crippen LogP) is 6.49. The molecule has 0 saturated carbocycles. The molecule has 2 aliphatic heterocycles. The second kappa shape index (κ2) is 7.66. The first-order chi connectivity index (χ1) is 16.1. The Hall–Kier alpha value is -3.79. The number of aryl methyl sites for hydroxylation is 1. The molecule has 4 nitrogen and oxygen atoms in total. The number of ether oxygens (including phenoxy) is 1. The van der Waals surface area contributed by atoms with Crippen molar-refractivity contribution in [3.05, 3.63) is 95.8 Å². The van der Waals surface area contributed by atoms with Crippen molar-refractivity contribution in [1.29, 1.82) is 0 Å². The lowest BCUT2D eigenvalue weighted by Crippen LogP contribution is -2.49. The van der Waals surface area contributed by atoms with Crippen LogP contribution in [0.1, 0.15) is 34.5 Å². The van der Waals surface area contributed by atoms with Crippen molar-refractivity contribution in [2.24, 2.45) is 0 Å². The van der Waals surface area contributed by atoms with Crippen LogP contribution in [0.15, 0.2) is 83.3 Å². The van der Waals surface area contributed by atoms with Gasteiger partial charge in [-0.3, -0.25) is 4.79 Å². The minimum absolute atomic E-state index is 0.0359. The fourth-order valence-electron chi connectivity index (χ4n) is 4.96. The first kappa shape index (κ1) is 19.9. The van der Waals surface area contributed by atoms with Gasteiger partial charge in [-0.1, -0.05) is 60.7 Å². The van der Waals surface area contributed by atoms with E-state index in [9.17, 15) is 4.79 Å². The fraction of sp³-hybridized carbons (Fsp3) is 0.207. The summed E-state index contributed by atoms with van der Waals surface area (Å²) in [5.74, 6) is 1.32. The molecule has 6 rings (SSSR count). The Bertz CT molecular complexity index is 1370. The van der Waals surface area contributed by atoms with Gasteiger partial charge in [-0.05, 0) is 42.3 Å². The minimum atomic E-state index is -0.360. The van der Waals surface area contributed by atoms with Gasteiger partial charge < -0.3 is 14.1 Å². The van der Waals surface area contributed by atoms with Gasteiger partial charge in [-0.15, -0.1) is 0 Å². The Morgan fingerprint density at radius 2 is 1.67 bits per heavy atom. The molecule has 3 heterocycles. The molecule has 0 aliphatic carbocycles. The summed E-state index contributed by atoms with van der Waals surface area (Å²) in [6, 6.07) is 24.5. The van der Waals surface area contributed by atoms with Crippen LogP contribution in [0.5, 0.6) is 5.75 Å². The average molecular weight is 436 g/mol. The van der Waals surface area contributed by atoms with Gasteiger partial charge in [0, 0.05) is 42.4 Å². The van der Waals surface area contributed by atoms with Crippen LogP contribution in [0.2, 0.25) is 0 Å². The van der Waals surface area contributed by atoms with Gasteiger partial charge in [-0.2, -0.15) is 0 Å². The number of carbonyl (C=O) groups excluding carboxylic acids is 1. The number of hydrogen-bond acceptors (Lipinski definition) is 3. The Balaban J connectivity index is 1.18. The normalized spacial score (nSPS) is 16.6. The van der Waals surface area contributed by atoms with Gasteiger partial charge in [-0.25, -0.2) is 0 Å². The number of amides is 1. The van der Waals surface area contributed by atoms with E-state index in [1.807, 2.05) is 42.2 Å². The molecule has 0 N–H and O–H groups in total. The maximum Gasteiger partial charge on any atom is 0.289 e. The third-order valence-corrected chi connectivity index (χ3v) is 6.93. The van der Waals surface area contributed by atoms with Crippen LogP contribution in [0.25, 0.3) is 28.2 Å². The molecule has 1 amide bonds. The summed E-state index contributed by atoms with van der Waals surface area (Å²) in [6.07, 6.45) is 5.87. The van der Waals surface area contributed by atoms with Crippen molar-refractivity contribution in [2.45, 2.75) is 25.4 Å². The number of furan rings is 1. The van der Waals surface area contributed by atoms with Crippen molar-refractivity contribution in [3.63, 3.8) is 0 Å². The quantitative estimate of drug-likeness (QED) is 0.361. The molecular weight excluding hydrogens is 410 g/mol. The van der Waals surface area contributed by atoms with Crippen LogP contribution in [0, 0.1) is 6.92 Å². The van der Waals surface area contributed by atoms with Crippen molar-refractivity contribution in [3.8, 4) is 16.9 Å². The van der Waals surface area contributed by atoms with E-state index in [2.05, 4.69) is 54.6 Å². The first-order valence-electron chi connectivity index (χ1n) is 11.5. The number of para-hydroxylation sites is 1. The highest BCUT2D eigenvalue weighted by Gasteiger charge is 2.39. The van der Waals surface area contributed by atoms with Crippen LogP contribution in [-0.4, -0.2) is 29.5 Å². The molecule has 1 aromatic heterocycles. The molecule has 164 valence electrons. The fourth-order valence-corrected chi connectivity index (χ4v) is 4.96. The number of carbonyl (C=O) groups is 1. The van der Waals surface area contributed by atoms with Gasteiger partial charge in [0.1, 0.15) is 16.9 Å². The Morgan fingerprint density at radius 3 is 2.45 bits per heavy atom. The molecule has 1 saturated heterocycles. The smallest absolute Gasteiger partial charge is 0.289 e. The molecule has 0 atom stereocenters. The molecule has 1 spiro atoms. The predicted molar refractivity (Wildman–Crippen MR) is 130 cm³/mol. The lowest BCUT2D eigenvalue weighted by Gasteiger charge is -2.41. The topological polar surface area (TPSA) is 42.7 Å². The average Bonchev–Trinajstić information content (AvgIpc) is 3.21. The molecule has 33 heavy (non-hydrogen) atoms. The van der Waals surface area contributed by atoms with Crippen LogP contribution in [0.3, 0.4) is 0 Å². The van der Waals surface area contributed by atoms with Gasteiger partial charge in [0.05, 0.1) is 0 Å². The highest BCUT2D eigenvalue weighted by Crippen LogP contribution is 2.39. The van der Waals surface area contributed by atoms with E-state index < -0.39 is 0 Å². The largest absolute Gasteiger partial charge is 0.482 e. The maximum atomic E-state index is 13.2. The van der Waals surface area contributed by atoms with Crippen LogP contribution < -0.4 is 4.74 Å². The van der Waals surface area contributed by atoms with E-state index in [1.54, 1.807) is 0 Å². The zero-order valence-corrected chi connectivity index (χ0v) is 18.6. The van der Waals surface area contributed by atoms with Crippen molar-refractivity contribution >= 4 is 23.0 Å². The first-order valence-corrected chi connectivity index (χ1v) is 11.5. The molecule has 3 aromatic carbocycles. The van der Waals surface area contributed by atoms with Crippen LogP contribution in [-0.2, 0) is 0 Å². The van der Waals surface area contributed by atoms with Crippen molar-refractivity contribution in [2.75, 3.05) is 13.1 Å². The second-order valence-corrected chi connectivity index (χ2v) is 8.96. The van der Waals surface area contributed by atoms with E-state index in [0.29, 0.717) is 18.8 Å². The van der Waals surface area contributed by atoms with E-state index in [4.69, 9.17) is 9.15 Å². The van der Waals surface area contributed by atoms with Gasteiger partial charge in [0.25, 0.3) is 5.91 Å². The number of hydrogen-bond donors (Lipinski definition) is 0.